The summed E-state index contributed by atoms with van der Waals surface area (Å²) in [6.07, 6.45) is 4.06. The van der Waals surface area contributed by atoms with Crippen molar-refractivity contribution in [2.45, 2.75) is 51.9 Å². The van der Waals surface area contributed by atoms with Crippen molar-refractivity contribution in [1.82, 2.24) is 19.9 Å². The third kappa shape index (κ3) is 5.78. The molecule has 0 saturated heterocycles. The Morgan fingerprint density at radius 3 is 2.50 bits per heavy atom. The molecule has 0 fully saturated rings. The monoisotopic (exact) mass is 542 g/mol. The molecule has 1 aliphatic heterocycles. The fourth-order valence-electron chi connectivity index (χ4n) is 5.12. The number of alkyl carbamates (subject to hydrolysis) is 1. The van der Waals surface area contributed by atoms with E-state index in [0.29, 0.717) is 31.6 Å². The SMILES string of the molecule is COc1ccc(Cn2c3ncc4c(c3c[n+]2C)CCN(C(=O)C(NC(=O)OC(C)(C)C)c2ccccc2)C4)cc1. The first-order chi connectivity index (χ1) is 19.1. The van der Waals surface area contributed by atoms with Gasteiger partial charge in [0.15, 0.2) is 7.05 Å². The molecule has 9 heteroatoms. The minimum absolute atomic E-state index is 0.176. The third-order valence-corrected chi connectivity index (χ3v) is 7.07. The van der Waals surface area contributed by atoms with Gasteiger partial charge in [-0.15, -0.1) is 9.36 Å². The maximum Gasteiger partial charge on any atom is 0.408 e. The largest absolute Gasteiger partial charge is 0.497 e. The average Bonchev–Trinajstić information content (AvgIpc) is 3.26. The van der Waals surface area contributed by atoms with Gasteiger partial charge in [-0.2, -0.15) is 0 Å². The predicted molar refractivity (Wildman–Crippen MR) is 151 cm³/mol. The van der Waals surface area contributed by atoms with E-state index >= 15 is 0 Å². The molecule has 3 heterocycles. The lowest BCUT2D eigenvalue weighted by molar-refractivity contribution is -0.750. The Labute approximate surface area is 234 Å². The molecule has 1 atom stereocenters. The summed E-state index contributed by atoms with van der Waals surface area (Å²) in [6.45, 7) is 7.03. The zero-order chi connectivity index (χ0) is 28.4. The summed E-state index contributed by atoms with van der Waals surface area (Å²) >= 11 is 0. The number of methoxy groups -OCH3 is 1. The van der Waals surface area contributed by atoms with Gasteiger partial charge in [-0.25, -0.2) is 9.78 Å². The van der Waals surface area contributed by atoms with Crippen molar-refractivity contribution >= 4 is 23.0 Å². The highest BCUT2D eigenvalue weighted by Gasteiger charge is 2.32. The number of hydrogen-bond donors (Lipinski definition) is 1. The Morgan fingerprint density at radius 2 is 1.82 bits per heavy atom. The molecule has 1 N–H and O–H groups in total. The van der Waals surface area contributed by atoms with Crippen LogP contribution in [0.4, 0.5) is 4.79 Å². The van der Waals surface area contributed by atoms with E-state index < -0.39 is 17.7 Å². The molecule has 4 aromatic rings. The smallest absolute Gasteiger partial charge is 0.408 e. The highest BCUT2D eigenvalue weighted by atomic mass is 16.6. The molecule has 0 saturated carbocycles. The number of aromatic nitrogens is 3. The molecular formula is C31H36N5O4+. The van der Waals surface area contributed by atoms with Gasteiger partial charge in [0.2, 0.25) is 17.8 Å². The Kier molecular flexibility index (Phi) is 7.47. The van der Waals surface area contributed by atoms with Crippen LogP contribution in [0.25, 0.3) is 11.0 Å². The highest BCUT2D eigenvalue weighted by Crippen LogP contribution is 2.28. The summed E-state index contributed by atoms with van der Waals surface area (Å²) in [5.74, 6) is 0.651. The number of pyridine rings is 1. The van der Waals surface area contributed by atoms with E-state index in [-0.39, 0.29) is 5.91 Å². The van der Waals surface area contributed by atoms with Gasteiger partial charge in [0.1, 0.15) is 23.9 Å². The van der Waals surface area contributed by atoms with Gasteiger partial charge in [-0.05, 0) is 61.6 Å². The van der Waals surface area contributed by atoms with Gasteiger partial charge in [-0.1, -0.05) is 42.5 Å². The Hall–Kier alpha value is -4.40. The van der Waals surface area contributed by atoms with Crippen LogP contribution in [0.2, 0.25) is 0 Å². The zero-order valence-electron chi connectivity index (χ0n) is 23.7. The van der Waals surface area contributed by atoms with E-state index in [1.807, 2.05) is 55.7 Å². The van der Waals surface area contributed by atoms with Crippen LogP contribution in [0, 0.1) is 0 Å². The van der Waals surface area contributed by atoms with E-state index in [4.69, 9.17) is 14.5 Å². The van der Waals surface area contributed by atoms with Crippen molar-refractivity contribution in [2.75, 3.05) is 13.7 Å². The lowest BCUT2D eigenvalue weighted by atomic mass is 9.97. The second-order valence-electron chi connectivity index (χ2n) is 11.1. The van der Waals surface area contributed by atoms with E-state index in [9.17, 15) is 9.59 Å². The van der Waals surface area contributed by atoms with E-state index in [1.165, 1.54) is 5.56 Å². The summed E-state index contributed by atoms with van der Waals surface area (Å²) in [4.78, 5) is 33.1. The summed E-state index contributed by atoms with van der Waals surface area (Å²) in [7, 11) is 3.68. The Morgan fingerprint density at radius 1 is 1.10 bits per heavy atom. The van der Waals surface area contributed by atoms with E-state index in [2.05, 4.69) is 33.0 Å². The van der Waals surface area contributed by atoms with Crippen LogP contribution in [0.3, 0.4) is 0 Å². The number of amides is 2. The van der Waals surface area contributed by atoms with Crippen molar-refractivity contribution in [2.24, 2.45) is 7.05 Å². The summed E-state index contributed by atoms with van der Waals surface area (Å²) in [5.41, 5.74) is 4.31. The first kappa shape index (κ1) is 27.2. The minimum Gasteiger partial charge on any atom is -0.497 e. The lowest BCUT2D eigenvalue weighted by Crippen LogP contribution is -2.46. The molecule has 5 rings (SSSR count). The quantitative estimate of drug-likeness (QED) is 0.371. The number of carbonyl (C=O) groups is 2. The van der Waals surface area contributed by atoms with Gasteiger partial charge >= 0.3 is 6.09 Å². The zero-order valence-corrected chi connectivity index (χ0v) is 23.7. The van der Waals surface area contributed by atoms with Crippen molar-refractivity contribution in [1.29, 1.82) is 0 Å². The predicted octanol–water partition coefficient (Wildman–Crippen LogP) is 4.07. The van der Waals surface area contributed by atoms with Crippen molar-refractivity contribution in [3.63, 3.8) is 0 Å². The molecule has 0 spiro atoms. The van der Waals surface area contributed by atoms with Crippen LogP contribution < -0.4 is 14.7 Å². The normalized spacial score (nSPS) is 14.0. The molecule has 2 aromatic carbocycles. The number of carbonyl (C=O) groups excluding carboxylic acids is 2. The van der Waals surface area contributed by atoms with E-state index in [1.54, 1.807) is 32.8 Å². The van der Waals surface area contributed by atoms with Crippen LogP contribution in [-0.2, 0) is 36.1 Å². The molecule has 1 aliphatic rings. The van der Waals surface area contributed by atoms with Gasteiger partial charge in [0, 0.05) is 19.3 Å². The molecule has 0 radical (unpaired) electrons. The molecular weight excluding hydrogens is 506 g/mol. The number of ether oxygens (including phenoxy) is 2. The van der Waals surface area contributed by atoms with Gasteiger partial charge in [0.05, 0.1) is 12.5 Å². The molecule has 208 valence electrons. The van der Waals surface area contributed by atoms with Crippen LogP contribution in [0.15, 0.2) is 67.0 Å². The van der Waals surface area contributed by atoms with Gasteiger partial charge < -0.3 is 19.7 Å². The fourth-order valence-corrected chi connectivity index (χ4v) is 5.12. The summed E-state index contributed by atoms with van der Waals surface area (Å²) in [5, 5.41) is 3.89. The van der Waals surface area contributed by atoms with Gasteiger partial charge in [-0.3, -0.25) is 4.79 Å². The standard InChI is InChI=1S/C31H35N5O4/c1-31(2,3)40-30(38)33-27(22-9-7-6-8-10-22)29(37)35-16-15-25-23(19-35)17-32-28-26(25)20-34(4)36(28)18-21-11-13-24(39-5)14-12-21/h6-14,17,20,27H,15-16,18-19H2,1-5H3/p+1. The number of aryl methyl sites for hydroxylation is 1. The molecule has 1 unspecified atom stereocenters. The first-order valence-corrected chi connectivity index (χ1v) is 13.4. The molecule has 9 nitrogen and oxygen atoms in total. The first-order valence-electron chi connectivity index (χ1n) is 13.4. The van der Waals surface area contributed by atoms with Crippen molar-refractivity contribution < 1.29 is 23.7 Å². The minimum atomic E-state index is -0.849. The second kappa shape index (κ2) is 11.0. The number of nitrogens with zero attached hydrogens (tertiary/aromatic N) is 4. The maximum atomic E-state index is 13.8. The average molecular weight is 543 g/mol. The molecule has 2 aromatic heterocycles. The number of benzene rings is 2. The molecule has 40 heavy (non-hydrogen) atoms. The number of hydrogen-bond acceptors (Lipinski definition) is 5. The van der Waals surface area contributed by atoms with Crippen LogP contribution in [-0.4, -0.2) is 45.8 Å². The Bertz CT molecular complexity index is 1520. The number of fused-ring (bicyclic) bond motifs is 3. The van der Waals surface area contributed by atoms with Crippen LogP contribution in [0.1, 0.15) is 49.1 Å². The highest BCUT2D eigenvalue weighted by molar-refractivity contribution is 5.88. The molecule has 0 aliphatic carbocycles. The second-order valence-corrected chi connectivity index (χ2v) is 11.1. The fraction of sp³-hybridized carbons (Fsp3) is 0.355. The third-order valence-electron chi connectivity index (χ3n) is 7.07. The maximum absolute atomic E-state index is 13.8. The van der Waals surface area contributed by atoms with Crippen molar-refractivity contribution in [3.05, 3.63) is 89.2 Å². The Balaban J connectivity index is 1.38. The van der Waals surface area contributed by atoms with Gasteiger partial charge in [0.25, 0.3) is 0 Å². The lowest BCUT2D eigenvalue weighted by Gasteiger charge is -2.32. The summed E-state index contributed by atoms with van der Waals surface area (Å²) < 4.78 is 15.0. The molecule has 2 amide bonds. The van der Waals surface area contributed by atoms with Crippen molar-refractivity contribution in [3.8, 4) is 5.75 Å². The summed E-state index contributed by atoms with van der Waals surface area (Å²) in [6, 6.07) is 16.5. The van der Waals surface area contributed by atoms with E-state index in [0.717, 1.165) is 27.9 Å². The van der Waals surface area contributed by atoms with Crippen LogP contribution in [0.5, 0.6) is 5.75 Å². The number of rotatable bonds is 6. The molecule has 0 bridgehead atoms. The number of nitrogens with one attached hydrogen (secondary N) is 1. The topological polar surface area (TPSA) is 89.6 Å². The van der Waals surface area contributed by atoms with Crippen LogP contribution >= 0.6 is 0 Å².